The molecule has 1 aliphatic rings. The molecule has 0 aromatic carbocycles. The first-order chi connectivity index (χ1) is 7.76. The van der Waals surface area contributed by atoms with Crippen LogP contribution in [0, 0.1) is 0 Å². The molecule has 5 atom stereocenters. The van der Waals surface area contributed by atoms with Crippen LogP contribution in [0.3, 0.4) is 0 Å². The molecule has 8 nitrogen and oxygen atoms in total. The average Bonchev–Trinajstić information content (AvgIpc) is 2.24. The van der Waals surface area contributed by atoms with Gasteiger partial charge in [0, 0.05) is 7.11 Å². The van der Waals surface area contributed by atoms with E-state index in [1.165, 1.54) is 7.11 Å². The Morgan fingerprint density at radius 3 is 2.11 bits per heavy atom. The Hall–Kier alpha value is 1.69. The van der Waals surface area contributed by atoms with Gasteiger partial charge in [-0.15, -0.1) is 0 Å². The summed E-state index contributed by atoms with van der Waals surface area (Å²) in [6.45, 7) is 0. The SMILES string of the molecule is CO[C@H]1O[C@H](/C=C/P(=O)([O-])[O-])[C@@H](O)[C@H](O)[C@@H]1O.[Na+].[Na+]. The molecule has 100 valence electrons. The van der Waals surface area contributed by atoms with E-state index < -0.39 is 38.3 Å². The fraction of sp³-hybridized carbons (Fsp3) is 0.750. The zero-order valence-electron chi connectivity index (χ0n) is 10.9. The molecular weight excluding hydrogens is 301 g/mol. The molecule has 1 heterocycles. The van der Waals surface area contributed by atoms with Crippen molar-refractivity contribution in [1.82, 2.24) is 0 Å². The second kappa shape index (κ2) is 9.66. The van der Waals surface area contributed by atoms with Crippen LogP contribution in [-0.2, 0) is 14.0 Å². The van der Waals surface area contributed by atoms with E-state index in [1.54, 1.807) is 0 Å². The number of aliphatic hydroxyl groups is 3. The normalized spacial score (nSPS) is 35.6. The van der Waals surface area contributed by atoms with Gasteiger partial charge in [0.1, 0.15) is 24.4 Å². The molecule has 0 unspecified atom stereocenters. The third-order valence-corrected chi connectivity index (χ3v) is 2.83. The van der Waals surface area contributed by atoms with Crippen molar-refractivity contribution in [2.24, 2.45) is 0 Å². The molecule has 0 radical (unpaired) electrons. The fourth-order valence-electron chi connectivity index (χ4n) is 1.42. The van der Waals surface area contributed by atoms with Gasteiger partial charge in [0.15, 0.2) is 6.29 Å². The zero-order chi connectivity index (χ0) is 13.2. The summed E-state index contributed by atoms with van der Waals surface area (Å²) in [5.41, 5.74) is 0. The molecule has 11 heteroatoms. The summed E-state index contributed by atoms with van der Waals surface area (Å²) in [4.78, 5) is 20.8. The summed E-state index contributed by atoms with van der Waals surface area (Å²) in [6, 6.07) is 0. The predicted molar refractivity (Wildman–Crippen MR) is 50.4 cm³/mol. The minimum atomic E-state index is -4.88. The fourth-order valence-corrected chi connectivity index (χ4v) is 1.80. The number of hydrogen-bond acceptors (Lipinski definition) is 8. The second-order valence-corrected chi connectivity index (χ2v) is 4.94. The van der Waals surface area contributed by atoms with Gasteiger partial charge in [-0.25, -0.2) is 0 Å². The maximum atomic E-state index is 10.4. The molecule has 1 fully saturated rings. The topological polar surface area (TPSA) is 142 Å². The maximum absolute atomic E-state index is 10.4. The van der Waals surface area contributed by atoms with E-state index in [1.807, 2.05) is 0 Å². The molecule has 19 heavy (non-hydrogen) atoms. The minimum absolute atomic E-state index is 0. The Balaban J connectivity index is 0. The van der Waals surface area contributed by atoms with Gasteiger partial charge in [0.05, 0.1) is 0 Å². The number of methoxy groups -OCH3 is 1. The zero-order valence-corrected chi connectivity index (χ0v) is 15.8. The number of hydrogen-bond donors (Lipinski definition) is 3. The van der Waals surface area contributed by atoms with Gasteiger partial charge in [-0.2, -0.15) is 0 Å². The van der Waals surface area contributed by atoms with Crippen molar-refractivity contribution in [3.63, 3.8) is 0 Å². The molecule has 0 amide bonds. The molecule has 0 spiro atoms. The molecular formula is C8H13Na2O8P. The Morgan fingerprint density at radius 1 is 1.16 bits per heavy atom. The van der Waals surface area contributed by atoms with Crippen LogP contribution in [0.4, 0.5) is 0 Å². The van der Waals surface area contributed by atoms with Crippen molar-refractivity contribution < 1.29 is 98.3 Å². The monoisotopic (exact) mass is 314 g/mol. The smallest absolute Gasteiger partial charge is 0.808 e. The summed E-state index contributed by atoms with van der Waals surface area (Å²) in [6.07, 6.45) is -6.27. The van der Waals surface area contributed by atoms with Gasteiger partial charge >= 0.3 is 59.1 Å². The molecule has 0 aromatic rings. The van der Waals surface area contributed by atoms with E-state index in [-0.39, 0.29) is 59.1 Å². The summed E-state index contributed by atoms with van der Waals surface area (Å²) >= 11 is 0. The van der Waals surface area contributed by atoms with E-state index in [0.717, 1.165) is 6.08 Å². The van der Waals surface area contributed by atoms with Crippen molar-refractivity contribution in [1.29, 1.82) is 0 Å². The molecule has 1 rings (SSSR count). The van der Waals surface area contributed by atoms with Crippen LogP contribution >= 0.6 is 7.60 Å². The Bertz CT molecular complexity index is 333. The van der Waals surface area contributed by atoms with E-state index in [4.69, 9.17) is 4.74 Å². The average molecular weight is 314 g/mol. The summed E-state index contributed by atoms with van der Waals surface area (Å²) in [5, 5.41) is 28.3. The molecule has 0 bridgehead atoms. The largest absolute Gasteiger partial charge is 1.00 e. The van der Waals surface area contributed by atoms with E-state index in [0.29, 0.717) is 5.82 Å². The first-order valence-corrected chi connectivity index (χ1v) is 6.31. The number of rotatable bonds is 3. The summed E-state index contributed by atoms with van der Waals surface area (Å²) < 4.78 is 20.0. The van der Waals surface area contributed by atoms with Gasteiger partial charge in [-0.1, -0.05) is 11.9 Å². The van der Waals surface area contributed by atoms with Crippen LogP contribution in [-0.4, -0.2) is 53.1 Å². The van der Waals surface area contributed by atoms with Crippen LogP contribution in [0.2, 0.25) is 0 Å². The van der Waals surface area contributed by atoms with E-state index >= 15 is 0 Å². The standard InChI is InChI=1S/C8H15O8P.2Na/c1-15-8-7(11)6(10)5(9)4(16-8)2-3-17(12,13)14;;/h2-11H,1H3,(H2,12,13,14);;/q;2*+1/p-2/b3-2+;;/t4-,5-,6+,7+,8+;;/m1../s1. The Kier molecular flexibility index (Phi) is 11.7. The van der Waals surface area contributed by atoms with Crippen molar-refractivity contribution >= 4 is 7.60 Å². The molecule has 3 N–H and O–H groups in total. The quantitative estimate of drug-likeness (QED) is 0.344. The molecule has 1 saturated heterocycles. The predicted octanol–water partition coefficient (Wildman–Crippen LogP) is -9.12. The molecule has 1 aliphatic heterocycles. The van der Waals surface area contributed by atoms with Crippen LogP contribution in [0.5, 0.6) is 0 Å². The molecule has 0 aliphatic carbocycles. The van der Waals surface area contributed by atoms with Gasteiger partial charge in [-0.3, -0.25) is 0 Å². The van der Waals surface area contributed by atoms with Crippen molar-refractivity contribution in [3.05, 3.63) is 11.9 Å². The molecule has 0 aromatic heterocycles. The summed E-state index contributed by atoms with van der Waals surface area (Å²) in [7, 11) is -3.68. The van der Waals surface area contributed by atoms with Gasteiger partial charge < -0.3 is 39.1 Å². The van der Waals surface area contributed by atoms with Gasteiger partial charge in [-0.05, 0) is 7.60 Å². The summed E-state index contributed by atoms with van der Waals surface area (Å²) in [5.74, 6) is 0.331. The Labute approximate surface area is 154 Å². The first-order valence-electron chi connectivity index (χ1n) is 4.70. The van der Waals surface area contributed by atoms with Crippen LogP contribution in [0.1, 0.15) is 0 Å². The van der Waals surface area contributed by atoms with E-state index in [2.05, 4.69) is 4.74 Å². The van der Waals surface area contributed by atoms with Crippen LogP contribution < -0.4 is 68.9 Å². The van der Waals surface area contributed by atoms with Gasteiger partial charge in [0.25, 0.3) is 0 Å². The minimum Gasteiger partial charge on any atom is -0.808 e. The van der Waals surface area contributed by atoms with Crippen molar-refractivity contribution in [2.45, 2.75) is 30.7 Å². The van der Waals surface area contributed by atoms with Crippen LogP contribution in [0.25, 0.3) is 0 Å². The number of ether oxygens (including phenoxy) is 2. The van der Waals surface area contributed by atoms with E-state index in [9.17, 15) is 29.7 Å². The third kappa shape index (κ3) is 6.99. The van der Waals surface area contributed by atoms with Crippen molar-refractivity contribution in [3.8, 4) is 0 Å². The molecule has 0 saturated carbocycles. The maximum Gasteiger partial charge on any atom is 1.00 e. The first kappa shape index (κ1) is 23.0. The van der Waals surface area contributed by atoms with Crippen LogP contribution in [0.15, 0.2) is 11.9 Å². The Morgan fingerprint density at radius 2 is 1.68 bits per heavy atom. The third-order valence-electron chi connectivity index (χ3n) is 2.30. The second-order valence-electron chi connectivity index (χ2n) is 3.56. The van der Waals surface area contributed by atoms with Crippen molar-refractivity contribution in [2.75, 3.05) is 7.11 Å². The van der Waals surface area contributed by atoms with Gasteiger partial charge in [0.2, 0.25) is 0 Å². The number of aliphatic hydroxyl groups excluding tert-OH is 3.